The second kappa shape index (κ2) is 6.89. The van der Waals surface area contributed by atoms with Crippen LogP contribution in [0.15, 0.2) is 0 Å². The Morgan fingerprint density at radius 1 is 1.44 bits per heavy atom. The molecule has 0 aromatic carbocycles. The summed E-state index contributed by atoms with van der Waals surface area (Å²) in [5.74, 6) is 0.846. The standard InChI is InChI=1S/C13H25NO2/c1-4-11(5-2)9-14-8-6-7-12(10-14)13(15)16-3/h11-12H,4-10H2,1-3H3/t12-/m0/s1. The number of hydrogen-bond acceptors (Lipinski definition) is 3. The molecule has 0 saturated carbocycles. The highest BCUT2D eigenvalue weighted by molar-refractivity contribution is 5.72. The average Bonchev–Trinajstić information content (AvgIpc) is 2.35. The summed E-state index contributed by atoms with van der Waals surface area (Å²) in [5.41, 5.74) is 0. The molecule has 0 N–H and O–H groups in total. The minimum Gasteiger partial charge on any atom is -0.469 e. The van der Waals surface area contributed by atoms with Crippen molar-refractivity contribution in [1.82, 2.24) is 4.90 Å². The van der Waals surface area contributed by atoms with Gasteiger partial charge < -0.3 is 9.64 Å². The van der Waals surface area contributed by atoms with Gasteiger partial charge in [-0.15, -0.1) is 0 Å². The first-order valence-electron chi connectivity index (χ1n) is 6.51. The Morgan fingerprint density at radius 2 is 2.12 bits per heavy atom. The van der Waals surface area contributed by atoms with Gasteiger partial charge in [0, 0.05) is 13.1 Å². The molecule has 1 aliphatic heterocycles. The van der Waals surface area contributed by atoms with Crippen LogP contribution in [0.2, 0.25) is 0 Å². The van der Waals surface area contributed by atoms with Crippen molar-refractivity contribution in [3.05, 3.63) is 0 Å². The number of rotatable bonds is 5. The van der Waals surface area contributed by atoms with Crippen LogP contribution in [0.5, 0.6) is 0 Å². The Hall–Kier alpha value is -0.570. The van der Waals surface area contributed by atoms with Crippen molar-refractivity contribution in [2.75, 3.05) is 26.7 Å². The number of ether oxygens (including phenoxy) is 1. The molecule has 0 spiro atoms. The molecule has 1 atom stereocenters. The lowest BCUT2D eigenvalue weighted by molar-refractivity contribution is -0.147. The third-order valence-electron chi connectivity index (χ3n) is 3.71. The molecule has 1 rings (SSSR count). The summed E-state index contributed by atoms with van der Waals surface area (Å²) < 4.78 is 4.83. The summed E-state index contributed by atoms with van der Waals surface area (Å²) in [6, 6.07) is 0. The van der Waals surface area contributed by atoms with Gasteiger partial charge in [0.2, 0.25) is 0 Å². The van der Waals surface area contributed by atoms with E-state index in [1.807, 2.05) is 0 Å². The lowest BCUT2D eigenvalue weighted by Crippen LogP contribution is -2.41. The molecule has 3 nitrogen and oxygen atoms in total. The molecule has 0 aromatic heterocycles. The van der Waals surface area contributed by atoms with E-state index in [0.717, 1.165) is 38.4 Å². The zero-order valence-electron chi connectivity index (χ0n) is 10.9. The molecule has 0 aromatic rings. The van der Waals surface area contributed by atoms with E-state index < -0.39 is 0 Å². The van der Waals surface area contributed by atoms with Gasteiger partial charge in [-0.2, -0.15) is 0 Å². The van der Waals surface area contributed by atoms with Crippen molar-refractivity contribution in [3.63, 3.8) is 0 Å². The number of hydrogen-bond donors (Lipinski definition) is 0. The first-order chi connectivity index (χ1) is 7.71. The van der Waals surface area contributed by atoms with Gasteiger partial charge in [0.25, 0.3) is 0 Å². The van der Waals surface area contributed by atoms with Gasteiger partial charge in [-0.25, -0.2) is 0 Å². The van der Waals surface area contributed by atoms with Crippen LogP contribution in [-0.4, -0.2) is 37.6 Å². The highest BCUT2D eigenvalue weighted by atomic mass is 16.5. The van der Waals surface area contributed by atoms with Crippen molar-refractivity contribution < 1.29 is 9.53 Å². The van der Waals surface area contributed by atoms with Crippen LogP contribution in [0.1, 0.15) is 39.5 Å². The van der Waals surface area contributed by atoms with Gasteiger partial charge in [0.1, 0.15) is 0 Å². The van der Waals surface area contributed by atoms with E-state index in [-0.39, 0.29) is 11.9 Å². The first kappa shape index (κ1) is 13.5. The molecule has 1 saturated heterocycles. The Morgan fingerprint density at radius 3 is 2.69 bits per heavy atom. The molecular weight excluding hydrogens is 202 g/mol. The van der Waals surface area contributed by atoms with Crippen molar-refractivity contribution in [3.8, 4) is 0 Å². The molecule has 1 aliphatic rings. The van der Waals surface area contributed by atoms with Crippen LogP contribution in [0.25, 0.3) is 0 Å². The Bertz CT molecular complexity index is 214. The third-order valence-corrected chi connectivity index (χ3v) is 3.71. The number of carbonyl (C=O) groups is 1. The maximum Gasteiger partial charge on any atom is 0.309 e. The Balaban J connectivity index is 2.41. The lowest BCUT2D eigenvalue weighted by atomic mass is 9.95. The molecule has 1 heterocycles. The van der Waals surface area contributed by atoms with E-state index in [0.29, 0.717) is 0 Å². The fraction of sp³-hybridized carbons (Fsp3) is 0.923. The van der Waals surface area contributed by atoms with E-state index >= 15 is 0 Å². The second-order valence-electron chi connectivity index (χ2n) is 4.80. The number of esters is 1. The summed E-state index contributed by atoms with van der Waals surface area (Å²) in [6.45, 7) is 7.67. The Labute approximate surface area is 99.1 Å². The maximum atomic E-state index is 11.5. The van der Waals surface area contributed by atoms with Crippen LogP contribution < -0.4 is 0 Å². The van der Waals surface area contributed by atoms with Crippen molar-refractivity contribution in [2.24, 2.45) is 11.8 Å². The van der Waals surface area contributed by atoms with Crippen molar-refractivity contribution in [1.29, 1.82) is 0 Å². The van der Waals surface area contributed by atoms with Crippen LogP contribution in [0, 0.1) is 11.8 Å². The van der Waals surface area contributed by atoms with Crippen LogP contribution >= 0.6 is 0 Å². The zero-order valence-corrected chi connectivity index (χ0v) is 10.9. The molecule has 0 radical (unpaired) electrons. The predicted octanol–water partition coefficient (Wildman–Crippen LogP) is 2.31. The van der Waals surface area contributed by atoms with Gasteiger partial charge in [-0.05, 0) is 25.3 Å². The molecule has 16 heavy (non-hydrogen) atoms. The maximum absolute atomic E-state index is 11.5. The normalized spacial score (nSPS) is 22.4. The smallest absolute Gasteiger partial charge is 0.309 e. The molecule has 0 bridgehead atoms. The van der Waals surface area contributed by atoms with E-state index in [4.69, 9.17) is 4.74 Å². The fourth-order valence-electron chi connectivity index (χ4n) is 2.49. The topological polar surface area (TPSA) is 29.5 Å². The summed E-state index contributed by atoms with van der Waals surface area (Å²) in [5, 5.41) is 0. The quantitative estimate of drug-likeness (QED) is 0.675. The van der Waals surface area contributed by atoms with E-state index in [1.165, 1.54) is 20.0 Å². The van der Waals surface area contributed by atoms with E-state index in [9.17, 15) is 4.79 Å². The fourth-order valence-corrected chi connectivity index (χ4v) is 2.49. The summed E-state index contributed by atoms with van der Waals surface area (Å²) in [7, 11) is 1.49. The van der Waals surface area contributed by atoms with Crippen LogP contribution in [0.3, 0.4) is 0 Å². The number of piperidine rings is 1. The SMILES string of the molecule is CCC(CC)CN1CCC[C@H](C(=O)OC)C1. The van der Waals surface area contributed by atoms with Gasteiger partial charge in [-0.3, -0.25) is 4.79 Å². The minimum atomic E-state index is -0.0331. The van der Waals surface area contributed by atoms with Crippen LogP contribution in [0.4, 0.5) is 0 Å². The molecule has 0 amide bonds. The highest BCUT2D eigenvalue weighted by Gasteiger charge is 2.26. The van der Waals surface area contributed by atoms with Gasteiger partial charge in [0.15, 0.2) is 0 Å². The van der Waals surface area contributed by atoms with Crippen molar-refractivity contribution >= 4 is 5.97 Å². The van der Waals surface area contributed by atoms with Crippen LogP contribution in [-0.2, 0) is 9.53 Å². The predicted molar refractivity (Wildman–Crippen MR) is 65.3 cm³/mol. The largest absolute Gasteiger partial charge is 0.469 e. The molecule has 0 aliphatic carbocycles. The average molecular weight is 227 g/mol. The first-order valence-corrected chi connectivity index (χ1v) is 6.51. The van der Waals surface area contributed by atoms with Crippen molar-refractivity contribution in [2.45, 2.75) is 39.5 Å². The number of nitrogens with zero attached hydrogens (tertiary/aromatic N) is 1. The van der Waals surface area contributed by atoms with Gasteiger partial charge in [0.05, 0.1) is 13.0 Å². The number of carbonyl (C=O) groups excluding carboxylic acids is 1. The Kier molecular flexibility index (Phi) is 5.81. The molecule has 0 unspecified atom stereocenters. The third kappa shape index (κ3) is 3.78. The second-order valence-corrected chi connectivity index (χ2v) is 4.80. The molecule has 94 valence electrons. The van der Waals surface area contributed by atoms with Gasteiger partial charge in [-0.1, -0.05) is 26.7 Å². The monoisotopic (exact) mass is 227 g/mol. The lowest BCUT2D eigenvalue weighted by Gasteiger charge is -2.33. The summed E-state index contributed by atoms with van der Waals surface area (Å²) >= 11 is 0. The molecular formula is C13H25NO2. The minimum absolute atomic E-state index is 0.0331. The number of likely N-dealkylation sites (tertiary alicyclic amines) is 1. The zero-order chi connectivity index (χ0) is 12.0. The molecule has 3 heteroatoms. The van der Waals surface area contributed by atoms with E-state index in [1.54, 1.807) is 0 Å². The van der Waals surface area contributed by atoms with Gasteiger partial charge >= 0.3 is 5.97 Å². The summed E-state index contributed by atoms with van der Waals surface area (Å²) in [6.07, 6.45) is 4.58. The van der Waals surface area contributed by atoms with E-state index in [2.05, 4.69) is 18.7 Å². The summed E-state index contributed by atoms with van der Waals surface area (Å²) in [4.78, 5) is 13.9. The molecule has 1 fully saturated rings. The highest BCUT2D eigenvalue weighted by Crippen LogP contribution is 2.20. The number of methoxy groups -OCH3 is 1.